The smallest absolute Gasteiger partial charge is 0.0208 e. The zero-order valence-corrected chi connectivity index (χ0v) is 10.6. The molecule has 1 heterocycles. The van der Waals surface area contributed by atoms with Crippen LogP contribution < -0.4 is 5.32 Å². The van der Waals surface area contributed by atoms with Gasteiger partial charge in [-0.2, -0.15) is 0 Å². The van der Waals surface area contributed by atoms with Crippen LogP contribution in [0.1, 0.15) is 17.4 Å². The van der Waals surface area contributed by atoms with Gasteiger partial charge in [0.25, 0.3) is 0 Å². The Morgan fingerprint density at radius 1 is 1.25 bits per heavy atom. The lowest BCUT2D eigenvalue weighted by atomic mass is 10.0. The number of rotatable bonds is 4. The summed E-state index contributed by atoms with van der Waals surface area (Å²) in [7, 11) is 1.99. The molecule has 0 amide bonds. The van der Waals surface area contributed by atoms with Crippen LogP contribution in [-0.4, -0.2) is 7.05 Å². The fourth-order valence-electron chi connectivity index (χ4n) is 1.85. The molecule has 1 aromatic heterocycles. The van der Waals surface area contributed by atoms with Crippen molar-refractivity contribution in [1.29, 1.82) is 0 Å². The Hall–Kier alpha value is -1.12. The highest BCUT2D eigenvalue weighted by Gasteiger charge is 2.05. The monoisotopic (exact) mass is 231 g/mol. The average Bonchev–Trinajstić information content (AvgIpc) is 2.79. The Kier molecular flexibility index (Phi) is 3.75. The highest BCUT2D eigenvalue weighted by Crippen LogP contribution is 2.28. The van der Waals surface area contributed by atoms with Gasteiger partial charge in [-0.05, 0) is 41.6 Å². The van der Waals surface area contributed by atoms with Crippen LogP contribution in [0.5, 0.6) is 0 Å². The van der Waals surface area contributed by atoms with Crippen LogP contribution in [0.2, 0.25) is 0 Å². The first-order chi connectivity index (χ1) is 7.85. The van der Waals surface area contributed by atoms with Gasteiger partial charge >= 0.3 is 0 Å². The molecule has 0 saturated carbocycles. The minimum absolute atomic E-state index is 0.924. The standard InChI is InChI=1S/C14H17NS/c1-3-13-8-12(10-16-13)14-7-5-4-6-11(14)9-15-2/h4-8,10,15H,3,9H2,1-2H3. The van der Waals surface area contributed by atoms with Crippen LogP contribution >= 0.6 is 11.3 Å². The van der Waals surface area contributed by atoms with Gasteiger partial charge < -0.3 is 5.32 Å². The lowest BCUT2D eigenvalue weighted by Crippen LogP contribution is -2.05. The predicted octanol–water partition coefficient (Wildman–Crippen LogP) is 3.70. The number of nitrogens with one attached hydrogen (secondary N) is 1. The van der Waals surface area contributed by atoms with E-state index in [1.165, 1.54) is 21.6 Å². The van der Waals surface area contributed by atoms with Crippen LogP contribution in [-0.2, 0) is 13.0 Å². The Morgan fingerprint density at radius 2 is 2.06 bits per heavy atom. The minimum Gasteiger partial charge on any atom is -0.316 e. The Bertz CT molecular complexity index is 459. The summed E-state index contributed by atoms with van der Waals surface area (Å²) >= 11 is 1.85. The highest BCUT2D eigenvalue weighted by atomic mass is 32.1. The summed E-state index contributed by atoms with van der Waals surface area (Å²) in [5.74, 6) is 0. The van der Waals surface area contributed by atoms with Gasteiger partial charge in [0.05, 0.1) is 0 Å². The summed E-state index contributed by atoms with van der Waals surface area (Å²) in [6.45, 7) is 3.13. The van der Waals surface area contributed by atoms with Crippen LogP contribution in [0.15, 0.2) is 35.7 Å². The molecule has 0 atom stereocenters. The Labute approximate surface area is 101 Å². The predicted molar refractivity (Wildman–Crippen MR) is 71.9 cm³/mol. The SMILES string of the molecule is CCc1cc(-c2ccccc2CNC)cs1. The van der Waals surface area contributed by atoms with Gasteiger partial charge in [0, 0.05) is 11.4 Å². The third kappa shape index (κ3) is 2.34. The molecule has 0 radical (unpaired) electrons. The van der Waals surface area contributed by atoms with Crippen LogP contribution in [0, 0.1) is 0 Å². The van der Waals surface area contributed by atoms with Crippen LogP contribution in [0.4, 0.5) is 0 Å². The molecule has 2 heteroatoms. The van der Waals surface area contributed by atoms with Gasteiger partial charge in [-0.1, -0.05) is 31.2 Å². The second kappa shape index (κ2) is 5.28. The third-order valence-electron chi connectivity index (χ3n) is 2.70. The molecule has 1 N–H and O–H groups in total. The van der Waals surface area contributed by atoms with E-state index in [4.69, 9.17) is 0 Å². The molecule has 0 aliphatic rings. The lowest BCUT2D eigenvalue weighted by Gasteiger charge is -2.06. The summed E-state index contributed by atoms with van der Waals surface area (Å²) in [6.07, 6.45) is 1.12. The maximum Gasteiger partial charge on any atom is 0.0208 e. The first kappa shape index (κ1) is 11.4. The molecule has 0 aliphatic carbocycles. The summed E-state index contributed by atoms with van der Waals surface area (Å²) in [5, 5.41) is 5.48. The molecular weight excluding hydrogens is 214 g/mol. The number of aryl methyl sites for hydroxylation is 1. The fourth-order valence-corrected chi connectivity index (χ4v) is 2.69. The second-order valence-electron chi connectivity index (χ2n) is 3.84. The van der Waals surface area contributed by atoms with E-state index < -0.39 is 0 Å². The summed E-state index contributed by atoms with van der Waals surface area (Å²) < 4.78 is 0. The molecule has 2 rings (SSSR count). The Morgan fingerprint density at radius 3 is 2.75 bits per heavy atom. The maximum atomic E-state index is 3.22. The molecule has 0 spiro atoms. The summed E-state index contributed by atoms with van der Waals surface area (Å²) in [5.41, 5.74) is 4.07. The van der Waals surface area contributed by atoms with Gasteiger partial charge in [-0.25, -0.2) is 0 Å². The fraction of sp³-hybridized carbons (Fsp3) is 0.286. The van der Waals surface area contributed by atoms with Crippen molar-refractivity contribution < 1.29 is 0 Å². The molecule has 0 fully saturated rings. The van der Waals surface area contributed by atoms with Gasteiger partial charge in [0.2, 0.25) is 0 Å². The van der Waals surface area contributed by atoms with Crippen LogP contribution in [0.25, 0.3) is 11.1 Å². The highest BCUT2D eigenvalue weighted by molar-refractivity contribution is 7.10. The molecule has 0 bridgehead atoms. The zero-order valence-electron chi connectivity index (χ0n) is 9.79. The lowest BCUT2D eigenvalue weighted by molar-refractivity contribution is 0.819. The van der Waals surface area contributed by atoms with Crippen molar-refractivity contribution >= 4 is 11.3 Å². The molecule has 2 aromatic rings. The summed E-state index contributed by atoms with van der Waals surface area (Å²) in [4.78, 5) is 1.45. The number of hydrogen-bond donors (Lipinski definition) is 1. The number of benzene rings is 1. The molecule has 0 saturated heterocycles. The van der Waals surface area contributed by atoms with Gasteiger partial charge in [-0.3, -0.25) is 0 Å². The van der Waals surface area contributed by atoms with E-state index in [1.807, 2.05) is 18.4 Å². The van der Waals surface area contributed by atoms with E-state index in [-0.39, 0.29) is 0 Å². The number of hydrogen-bond acceptors (Lipinski definition) is 2. The normalized spacial score (nSPS) is 10.6. The molecule has 16 heavy (non-hydrogen) atoms. The molecule has 0 unspecified atom stereocenters. The first-order valence-electron chi connectivity index (χ1n) is 5.65. The van der Waals surface area contributed by atoms with E-state index in [1.54, 1.807) is 0 Å². The average molecular weight is 231 g/mol. The van der Waals surface area contributed by atoms with E-state index in [0.717, 1.165) is 13.0 Å². The van der Waals surface area contributed by atoms with Crippen molar-refractivity contribution in [2.24, 2.45) is 0 Å². The largest absolute Gasteiger partial charge is 0.316 e. The second-order valence-corrected chi connectivity index (χ2v) is 4.84. The van der Waals surface area contributed by atoms with Gasteiger partial charge in [0.15, 0.2) is 0 Å². The van der Waals surface area contributed by atoms with Crippen molar-refractivity contribution in [3.63, 3.8) is 0 Å². The molecule has 1 aromatic carbocycles. The van der Waals surface area contributed by atoms with Crippen molar-refractivity contribution in [3.05, 3.63) is 46.2 Å². The molecule has 84 valence electrons. The molecule has 1 nitrogen and oxygen atoms in total. The summed E-state index contributed by atoms with van der Waals surface area (Å²) in [6, 6.07) is 10.9. The van der Waals surface area contributed by atoms with E-state index in [9.17, 15) is 0 Å². The van der Waals surface area contributed by atoms with E-state index in [0.29, 0.717) is 0 Å². The Balaban J connectivity index is 2.38. The molecular formula is C14H17NS. The quantitative estimate of drug-likeness (QED) is 0.846. The number of thiophene rings is 1. The maximum absolute atomic E-state index is 3.22. The van der Waals surface area contributed by atoms with Gasteiger partial charge in [0.1, 0.15) is 0 Å². The van der Waals surface area contributed by atoms with E-state index >= 15 is 0 Å². The molecule has 0 aliphatic heterocycles. The minimum atomic E-state index is 0.924. The first-order valence-corrected chi connectivity index (χ1v) is 6.53. The topological polar surface area (TPSA) is 12.0 Å². The van der Waals surface area contributed by atoms with Crippen molar-refractivity contribution in [3.8, 4) is 11.1 Å². The van der Waals surface area contributed by atoms with E-state index in [2.05, 4.69) is 48.0 Å². The third-order valence-corrected chi connectivity index (χ3v) is 3.78. The van der Waals surface area contributed by atoms with Crippen molar-refractivity contribution in [2.45, 2.75) is 19.9 Å². The van der Waals surface area contributed by atoms with Crippen molar-refractivity contribution in [2.75, 3.05) is 7.05 Å². The van der Waals surface area contributed by atoms with Crippen LogP contribution in [0.3, 0.4) is 0 Å². The van der Waals surface area contributed by atoms with Crippen molar-refractivity contribution in [1.82, 2.24) is 5.32 Å². The van der Waals surface area contributed by atoms with Gasteiger partial charge in [-0.15, -0.1) is 11.3 Å². The zero-order chi connectivity index (χ0) is 11.4.